The van der Waals surface area contributed by atoms with E-state index in [0.29, 0.717) is 36.0 Å². The topological polar surface area (TPSA) is 74.3 Å². The van der Waals surface area contributed by atoms with Gasteiger partial charge in [0.25, 0.3) is 11.8 Å². The number of para-hydroxylation sites is 1. The molecule has 1 aliphatic heterocycles. The van der Waals surface area contributed by atoms with Crippen LogP contribution in [0.2, 0.25) is 5.02 Å². The van der Waals surface area contributed by atoms with Crippen molar-refractivity contribution >= 4 is 51.8 Å². The lowest BCUT2D eigenvalue weighted by Crippen LogP contribution is -2.32. The first-order valence-corrected chi connectivity index (χ1v) is 12.2. The Kier molecular flexibility index (Phi) is 6.42. The van der Waals surface area contributed by atoms with Crippen LogP contribution >= 0.6 is 22.9 Å². The highest BCUT2D eigenvalue weighted by Crippen LogP contribution is 2.40. The summed E-state index contributed by atoms with van der Waals surface area (Å²) in [5.41, 5.74) is 3.29. The van der Waals surface area contributed by atoms with Gasteiger partial charge in [-0.25, -0.2) is 13.8 Å². The SMILES string of the molecule is CNc1ccc(C(=O)N2CCc3nc(C(=O)Nc4c(F)cc(F)cc4Cl)sc3-c3ccccc32)cc1. The molecule has 0 unspecified atom stereocenters. The van der Waals surface area contributed by atoms with Gasteiger partial charge in [0.15, 0.2) is 10.8 Å². The van der Waals surface area contributed by atoms with Gasteiger partial charge in [-0.05, 0) is 36.4 Å². The molecule has 0 saturated heterocycles. The number of carbonyl (C=O) groups is 2. The van der Waals surface area contributed by atoms with E-state index in [-0.39, 0.29) is 21.6 Å². The number of halogens is 3. The standard InChI is InChI=1S/C26H19ClF2N4O2S/c1-30-16-8-6-14(7-9-16)26(35)33-11-10-20-23(17-4-2-3-5-21(17)33)36-25(31-20)24(34)32-22-18(27)12-15(28)13-19(22)29/h2-9,12-13,30H,10-11H2,1H3,(H,32,34). The van der Waals surface area contributed by atoms with Gasteiger partial charge in [-0.2, -0.15) is 0 Å². The predicted octanol–water partition coefficient (Wildman–Crippen LogP) is 6.24. The molecule has 1 aliphatic rings. The fraction of sp³-hybridized carbons (Fsp3) is 0.115. The monoisotopic (exact) mass is 524 g/mol. The zero-order chi connectivity index (χ0) is 25.4. The van der Waals surface area contributed by atoms with Crippen molar-refractivity contribution in [3.8, 4) is 10.4 Å². The lowest BCUT2D eigenvalue weighted by atomic mass is 10.1. The third kappa shape index (κ3) is 4.43. The zero-order valence-electron chi connectivity index (χ0n) is 18.9. The molecule has 3 aromatic carbocycles. The Hall–Kier alpha value is -3.82. The van der Waals surface area contributed by atoms with Gasteiger partial charge >= 0.3 is 0 Å². The van der Waals surface area contributed by atoms with Crippen LogP contribution in [0.5, 0.6) is 0 Å². The summed E-state index contributed by atoms with van der Waals surface area (Å²) in [6.45, 7) is 0.361. The molecule has 10 heteroatoms. The number of amides is 2. The van der Waals surface area contributed by atoms with Crippen molar-refractivity contribution in [1.29, 1.82) is 0 Å². The second-order valence-electron chi connectivity index (χ2n) is 8.04. The highest BCUT2D eigenvalue weighted by atomic mass is 35.5. The van der Waals surface area contributed by atoms with E-state index in [9.17, 15) is 18.4 Å². The largest absolute Gasteiger partial charge is 0.388 e. The quantitative estimate of drug-likeness (QED) is 0.331. The molecule has 5 rings (SSSR count). The molecule has 182 valence electrons. The molecule has 2 amide bonds. The highest BCUT2D eigenvalue weighted by Gasteiger charge is 2.29. The summed E-state index contributed by atoms with van der Waals surface area (Å²) in [6.07, 6.45) is 0.416. The number of thiazole rings is 1. The molecule has 0 radical (unpaired) electrons. The average Bonchev–Trinajstić information content (AvgIpc) is 3.24. The Morgan fingerprint density at radius 1 is 1.08 bits per heavy atom. The molecular formula is C26H19ClF2N4O2S. The van der Waals surface area contributed by atoms with E-state index in [4.69, 9.17) is 11.6 Å². The Morgan fingerprint density at radius 2 is 1.83 bits per heavy atom. The number of fused-ring (bicyclic) bond motifs is 3. The van der Waals surface area contributed by atoms with Gasteiger partial charge in [0.05, 0.1) is 27.0 Å². The second-order valence-corrected chi connectivity index (χ2v) is 9.45. The van der Waals surface area contributed by atoms with E-state index in [0.717, 1.165) is 33.5 Å². The van der Waals surface area contributed by atoms with Crippen molar-refractivity contribution in [2.24, 2.45) is 0 Å². The molecule has 0 spiro atoms. The maximum absolute atomic E-state index is 14.2. The summed E-state index contributed by atoms with van der Waals surface area (Å²) in [5.74, 6) is -2.62. The molecule has 1 aromatic heterocycles. The third-order valence-corrected chi connectivity index (χ3v) is 7.24. The van der Waals surface area contributed by atoms with E-state index >= 15 is 0 Å². The molecule has 2 N–H and O–H groups in total. The summed E-state index contributed by atoms with van der Waals surface area (Å²) in [5, 5.41) is 5.29. The number of hydrogen-bond acceptors (Lipinski definition) is 5. The number of nitrogens with one attached hydrogen (secondary N) is 2. The van der Waals surface area contributed by atoms with Crippen LogP contribution in [0.3, 0.4) is 0 Å². The smallest absolute Gasteiger partial charge is 0.284 e. The van der Waals surface area contributed by atoms with Crippen LogP contribution < -0.4 is 15.5 Å². The minimum absolute atomic E-state index is 0.108. The lowest BCUT2D eigenvalue weighted by Gasteiger charge is -2.23. The molecular weight excluding hydrogens is 506 g/mol. The Bertz CT molecular complexity index is 1470. The van der Waals surface area contributed by atoms with Crippen LogP contribution in [0.15, 0.2) is 60.7 Å². The van der Waals surface area contributed by atoms with Gasteiger partial charge in [0.1, 0.15) is 5.82 Å². The van der Waals surface area contributed by atoms with Crippen molar-refractivity contribution in [3.05, 3.63) is 93.6 Å². The number of anilines is 3. The number of carbonyl (C=O) groups excluding carboxylic acids is 2. The lowest BCUT2D eigenvalue weighted by molar-refractivity contribution is 0.0985. The van der Waals surface area contributed by atoms with E-state index in [1.807, 2.05) is 43.4 Å². The van der Waals surface area contributed by atoms with Crippen molar-refractivity contribution in [2.75, 3.05) is 29.1 Å². The van der Waals surface area contributed by atoms with Gasteiger partial charge < -0.3 is 15.5 Å². The fourth-order valence-corrected chi connectivity index (χ4v) is 5.33. The number of hydrogen-bond donors (Lipinski definition) is 2. The van der Waals surface area contributed by atoms with Gasteiger partial charge in [0, 0.05) is 42.9 Å². The second kappa shape index (κ2) is 9.67. The molecule has 0 atom stereocenters. The van der Waals surface area contributed by atoms with Gasteiger partial charge in [-0.1, -0.05) is 29.8 Å². The molecule has 0 bridgehead atoms. The number of rotatable bonds is 4. The van der Waals surface area contributed by atoms with Crippen LogP contribution in [0, 0.1) is 11.6 Å². The summed E-state index contributed by atoms with van der Waals surface area (Å²) in [7, 11) is 1.81. The predicted molar refractivity (Wildman–Crippen MR) is 138 cm³/mol. The minimum Gasteiger partial charge on any atom is -0.388 e. The maximum Gasteiger partial charge on any atom is 0.284 e. The van der Waals surface area contributed by atoms with E-state index in [1.54, 1.807) is 17.0 Å². The Labute approximate surface area is 214 Å². The first kappa shape index (κ1) is 23.9. The Morgan fingerprint density at radius 3 is 2.56 bits per heavy atom. The normalized spacial score (nSPS) is 12.4. The minimum atomic E-state index is -0.978. The van der Waals surface area contributed by atoms with Crippen molar-refractivity contribution in [1.82, 2.24) is 4.98 Å². The molecule has 2 heterocycles. The summed E-state index contributed by atoms with van der Waals surface area (Å²) in [4.78, 5) is 33.2. The van der Waals surface area contributed by atoms with Crippen LogP contribution in [0.4, 0.5) is 25.8 Å². The van der Waals surface area contributed by atoms with Crippen molar-refractivity contribution in [2.45, 2.75) is 6.42 Å². The molecule has 4 aromatic rings. The van der Waals surface area contributed by atoms with Crippen molar-refractivity contribution in [3.63, 3.8) is 0 Å². The highest BCUT2D eigenvalue weighted by molar-refractivity contribution is 7.17. The number of benzene rings is 3. The van der Waals surface area contributed by atoms with Crippen LogP contribution in [-0.2, 0) is 6.42 Å². The third-order valence-electron chi connectivity index (χ3n) is 5.81. The van der Waals surface area contributed by atoms with E-state index < -0.39 is 17.5 Å². The van der Waals surface area contributed by atoms with Crippen LogP contribution in [-0.4, -0.2) is 30.4 Å². The zero-order valence-corrected chi connectivity index (χ0v) is 20.5. The van der Waals surface area contributed by atoms with Gasteiger partial charge in [-0.15, -0.1) is 11.3 Å². The number of aromatic nitrogens is 1. The van der Waals surface area contributed by atoms with Gasteiger partial charge in [0.2, 0.25) is 0 Å². The van der Waals surface area contributed by atoms with E-state index in [1.165, 1.54) is 0 Å². The van der Waals surface area contributed by atoms with Crippen LogP contribution in [0.1, 0.15) is 25.9 Å². The number of nitrogens with zero attached hydrogens (tertiary/aromatic N) is 2. The first-order chi connectivity index (χ1) is 17.4. The Balaban J connectivity index is 1.46. The fourth-order valence-electron chi connectivity index (χ4n) is 4.04. The summed E-state index contributed by atoms with van der Waals surface area (Å²) in [6, 6.07) is 16.2. The molecule has 0 aliphatic carbocycles. The molecule has 0 fully saturated rings. The molecule has 6 nitrogen and oxygen atoms in total. The summed E-state index contributed by atoms with van der Waals surface area (Å²) >= 11 is 7.06. The van der Waals surface area contributed by atoms with Crippen molar-refractivity contribution < 1.29 is 18.4 Å². The first-order valence-electron chi connectivity index (χ1n) is 11.0. The van der Waals surface area contributed by atoms with Crippen LogP contribution in [0.25, 0.3) is 10.4 Å². The van der Waals surface area contributed by atoms with E-state index in [2.05, 4.69) is 15.6 Å². The molecule has 0 saturated carbocycles. The average molecular weight is 525 g/mol. The maximum atomic E-state index is 14.2. The summed E-state index contributed by atoms with van der Waals surface area (Å²) < 4.78 is 27.5. The molecule has 36 heavy (non-hydrogen) atoms. The van der Waals surface area contributed by atoms with Gasteiger partial charge in [-0.3, -0.25) is 9.59 Å².